The number of thiophene rings is 1. The second-order valence-corrected chi connectivity index (χ2v) is 6.99. The summed E-state index contributed by atoms with van der Waals surface area (Å²) in [4.78, 5) is 2.89. The third kappa shape index (κ3) is 6.32. The highest BCUT2D eigenvalue weighted by Gasteiger charge is 2.06. The van der Waals surface area contributed by atoms with Crippen LogP contribution in [0.1, 0.15) is 29.5 Å². The second kappa shape index (κ2) is 9.08. The van der Waals surface area contributed by atoms with Crippen LogP contribution in [-0.2, 0) is 11.2 Å². The van der Waals surface area contributed by atoms with Crippen LogP contribution in [0.2, 0.25) is 0 Å². The van der Waals surface area contributed by atoms with E-state index in [1.807, 2.05) is 11.3 Å². The van der Waals surface area contributed by atoms with E-state index in [9.17, 15) is 0 Å². The minimum Gasteiger partial charge on any atom is -0.383 e. The summed E-state index contributed by atoms with van der Waals surface area (Å²) in [6.07, 6.45) is 3.73. The molecule has 0 fully saturated rings. The Labute approximate surface area is 123 Å². The quantitative estimate of drug-likeness (QED) is 0.689. The number of rotatable bonds is 9. The number of methoxy groups -OCH3 is 1. The van der Waals surface area contributed by atoms with Gasteiger partial charge >= 0.3 is 0 Å². The van der Waals surface area contributed by atoms with Crippen LogP contribution in [0.3, 0.4) is 0 Å². The molecule has 0 radical (unpaired) electrons. The van der Waals surface area contributed by atoms with Crippen LogP contribution in [0.5, 0.6) is 0 Å². The van der Waals surface area contributed by atoms with Crippen LogP contribution in [0.25, 0.3) is 0 Å². The molecule has 18 heavy (non-hydrogen) atoms. The molecule has 1 rings (SSSR count). The average molecular weight is 334 g/mol. The van der Waals surface area contributed by atoms with E-state index in [-0.39, 0.29) is 0 Å². The zero-order chi connectivity index (χ0) is 13.4. The van der Waals surface area contributed by atoms with Crippen molar-refractivity contribution in [2.45, 2.75) is 33.1 Å². The van der Waals surface area contributed by atoms with Gasteiger partial charge in [-0.3, -0.25) is 0 Å². The molecule has 0 aliphatic heterocycles. The van der Waals surface area contributed by atoms with Gasteiger partial charge in [-0.1, -0.05) is 6.92 Å². The van der Waals surface area contributed by atoms with Crippen molar-refractivity contribution < 1.29 is 4.74 Å². The third-order valence-electron chi connectivity index (χ3n) is 3.09. The first-order chi connectivity index (χ1) is 8.63. The van der Waals surface area contributed by atoms with Crippen LogP contribution in [0, 0.1) is 12.8 Å². The molecule has 2 nitrogen and oxygen atoms in total. The maximum absolute atomic E-state index is 5.00. The van der Waals surface area contributed by atoms with Crippen molar-refractivity contribution in [1.82, 2.24) is 5.32 Å². The molecule has 1 aromatic rings. The minimum absolute atomic E-state index is 0.779. The van der Waals surface area contributed by atoms with Crippen LogP contribution in [0.15, 0.2) is 10.5 Å². The van der Waals surface area contributed by atoms with Gasteiger partial charge in [0.1, 0.15) is 0 Å². The van der Waals surface area contributed by atoms with Gasteiger partial charge in [0.25, 0.3) is 0 Å². The first kappa shape index (κ1) is 16.2. The van der Waals surface area contributed by atoms with Gasteiger partial charge in [-0.25, -0.2) is 0 Å². The lowest BCUT2D eigenvalue weighted by molar-refractivity contribution is 0.199. The van der Waals surface area contributed by atoms with E-state index in [1.54, 1.807) is 7.11 Å². The summed E-state index contributed by atoms with van der Waals surface area (Å²) >= 11 is 5.49. The number of ether oxygens (including phenoxy) is 1. The number of hydrogen-bond donors (Lipinski definition) is 1. The van der Waals surface area contributed by atoms with Crippen LogP contribution in [-0.4, -0.2) is 26.8 Å². The summed E-state index contributed by atoms with van der Waals surface area (Å²) < 4.78 is 6.26. The highest BCUT2D eigenvalue weighted by Crippen LogP contribution is 2.28. The standard InChI is InChI=1S/C14H24BrNOS/c1-11(6-7-16-8-9-17-3)4-5-13-10-14(15)12(2)18-13/h10-11,16H,4-9H2,1-3H3. The van der Waals surface area contributed by atoms with E-state index in [0.717, 1.165) is 25.6 Å². The first-order valence-corrected chi connectivity index (χ1v) is 8.19. The molecule has 0 aliphatic rings. The summed E-state index contributed by atoms with van der Waals surface area (Å²) in [6.45, 7) is 7.36. The van der Waals surface area contributed by atoms with E-state index < -0.39 is 0 Å². The average Bonchev–Trinajstić information content (AvgIpc) is 2.66. The fourth-order valence-corrected chi connectivity index (χ4v) is 3.44. The molecule has 4 heteroatoms. The fourth-order valence-electron chi connectivity index (χ4n) is 1.82. The molecule has 1 unspecified atom stereocenters. The van der Waals surface area contributed by atoms with Gasteiger partial charge in [0.05, 0.1) is 6.61 Å². The molecule has 1 N–H and O–H groups in total. The highest BCUT2D eigenvalue weighted by molar-refractivity contribution is 9.10. The Hall–Kier alpha value is 0.1000. The van der Waals surface area contributed by atoms with Gasteiger partial charge in [0.2, 0.25) is 0 Å². The molecule has 0 spiro atoms. The Bertz CT molecular complexity index is 321. The summed E-state index contributed by atoms with van der Waals surface area (Å²) in [5.74, 6) is 0.779. The lowest BCUT2D eigenvalue weighted by atomic mass is 10.0. The zero-order valence-electron chi connectivity index (χ0n) is 11.6. The fraction of sp³-hybridized carbons (Fsp3) is 0.714. The molecular formula is C14H24BrNOS. The predicted molar refractivity (Wildman–Crippen MR) is 83.6 cm³/mol. The molecule has 0 saturated carbocycles. The van der Waals surface area contributed by atoms with Gasteiger partial charge in [0.15, 0.2) is 0 Å². The normalized spacial score (nSPS) is 12.9. The topological polar surface area (TPSA) is 21.3 Å². The predicted octanol–water partition coefficient (Wildman–Crippen LogP) is 4.01. The van der Waals surface area contributed by atoms with Crippen molar-refractivity contribution in [3.05, 3.63) is 20.3 Å². The molecule has 1 aromatic heterocycles. The third-order valence-corrected chi connectivity index (χ3v) is 5.29. The molecule has 0 bridgehead atoms. The molecule has 104 valence electrons. The van der Waals surface area contributed by atoms with Crippen LogP contribution < -0.4 is 5.32 Å². The number of aryl methyl sites for hydroxylation is 2. The number of nitrogens with one attached hydrogen (secondary N) is 1. The van der Waals surface area contributed by atoms with E-state index in [2.05, 4.69) is 41.2 Å². The Morgan fingerprint density at radius 2 is 2.17 bits per heavy atom. The van der Waals surface area contributed by atoms with Gasteiger partial charge in [-0.2, -0.15) is 0 Å². The number of hydrogen-bond acceptors (Lipinski definition) is 3. The van der Waals surface area contributed by atoms with Crippen molar-refractivity contribution >= 4 is 27.3 Å². The van der Waals surface area contributed by atoms with Gasteiger partial charge in [-0.15, -0.1) is 11.3 Å². The lowest BCUT2D eigenvalue weighted by Crippen LogP contribution is -2.21. The molecule has 0 amide bonds. The van der Waals surface area contributed by atoms with E-state index in [0.29, 0.717) is 0 Å². The number of halogens is 1. The Morgan fingerprint density at radius 1 is 1.39 bits per heavy atom. The second-order valence-electron chi connectivity index (χ2n) is 4.79. The summed E-state index contributed by atoms with van der Waals surface area (Å²) in [5.41, 5.74) is 0. The molecule has 1 atom stereocenters. The molecular weight excluding hydrogens is 310 g/mol. The van der Waals surface area contributed by atoms with Crippen molar-refractivity contribution in [3.63, 3.8) is 0 Å². The smallest absolute Gasteiger partial charge is 0.0587 e. The van der Waals surface area contributed by atoms with Crippen molar-refractivity contribution in [1.29, 1.82) is 0 Å². The first-order valence-electron chi connectivity index (χ1n) is 6.58. The zero-order valence-corrected chi connectivity index (χ0v) is 14.0. The highest BCUT2D eigenvalue weighted by atomic mass is 79.9. The maximum atomic E-state index is 5.00. The molecule has 0 aromatic carbocycles. The van der Waals surface area contributed by atoms with Crippen molar-refractivity contribution in [2.75, 3.05) is 26.8 Å². The summed E-state index contributed by atoms with van der Waals surface area (Å²) in [6, 6.07) is 2.27. The molecule has 0 aliphatic carbocycles. The Kier molecular flexibility index (Phi) is 8.15. The minimum atomic E-state index is 0.779. The summed E-state index contributed by atoms with van der Waals surface area (Å²) in [7, 11) is 1.74. The molecule has 1 heterocycles. The Balaban J connectivity index is 2.11. The van der Waals surface area contributed by atoms with Crippen molar-refractivity contribution in [3.8, 4) is 0 Å². The summed E-state index contributed by atoms with van der Waals surface area (Å²) in [5, 5.41) is 3.40. The SMILES string of the molecule is COCCNCCC(C)CCc1cc(Br)c(C)s1. The van der Waals surface area contributed by atoms with E-state index in [1.165, 1.54) is 33.5 Å². The van der Waals surface area contributed by atoms with Crippen LogP contribution >= 0.6 is 27.3 Å². The lowest BCUT2D eigenvalue weighted by Gasteiger charge is -2.11. The monoisotopic (exact) mass is 333 g/mol. The maximum Gasteiger partial charge on any atom is 0.0587 e. The van der Waals surface area contributed by atoms with Crippen molar-refractivity contribution in [2.24, 2.45) is 5.92 Å². The molecule has 0 saturated heterocycles. The van der Waals surface area contributed by atoms with Gasteiger partial charge in [0, 0.05) is 27.9 Å². The van der Waals surface area contributed by atoms with E-state index in [4.69, 9.17) is 4.74 Å². The largest absolute Gasteiger partial charge is 0.383 e. The van der Waals surface area contributed by atoms with Gasteiger partial charge < -0.3 is 10.1 Å². The van der Waals surface area contributed by atoms with Crippen LogP contribution in [0.4, 0.5) is 0 Å². The van der Waals surface area contributed by atoms with Gasteiger partial charge in [-0.05, 0) is 60.6 Å². The Morgan fingerprint density at radius 3 is 2.78 bits per heavy atom. The van der Waals surface area contributed by atoms with E-state index >= 15 is 0 Å².